The molecular weight excluding hydrogens is 288 g/mol. The van der Waals surface area contributed by atoms with Crippen LogP contribution in [0.3, 0.4) is 0 Å². The maximum absolute atomic E-state index is 12.6. The van der Waals surface area contributed by atoms with Crippen molar-refractivity contribution in [2.24, 2.45) is 0 Å². The average Bonchev–Trinajstić information content (AvgIpc) is 2.54. The van der Waals surface area contributed by atoms with Crippen molar-refractivity contribution in [3.63, 3.8) is 0 Å². The smallest absolute Gasteiger partial charge is 0.176 e. The molecule has 4 heteroatoms. The molecule has 0 aromatic heterocycles. The van der Waals surface area contributed by atoms with Crippen LogP contribution in [0.15, 0.2) is 18.2 Å². The number of carbonyl (C=O) groups is 1. The van der Waals surface area contributed by atoms with Crippen LogP contribution in [0.4, 0.5) is 5.69 Å². The lowest BCUT2D eigenvalue weighted by Crippen LogP contribution is -2.40. The van der Waals surface area contributed by atoms with Crippen LogP contribution in [0.2, 0.25) is 0 Å². The highest BCUT2D eigenvalue weighted by molar-refractivity contribution is 5.98. The Bertz CT molecular complexity index is 577. The van der Waals surface area contributed by atoms with Crippen LogP contribution >= 0.6 is 0 Å². The summed E-state index contributed by atoms with van der Waals surface area (Å²) in [6, 6.07) is 6.30. The quantitative estimate of drug-likeness (QED) is 0.860. The summed E-state index contributed by atoms with van der Waals surface area (Å²) in [4.78, 5) is 14.8. The summed E-state index contributed by atoms with van der Waals surface area (Å²) in [5, 5.41) is 3.37. The molecule has 1 aliphatic heterocycles. The van der Waals surface area contributed by atoms with Crippen molar-refractivity contribution in [3.05, 3.63) is 23.8 Å². The number of rotatable bonds is 4. The van der Waals surface area contributed by atoms with Crippen molar-refractivity contribution in [3.8, 4) is 5.75 Å². The third kappa shape index (κ3) is 3.86. The minimum atomic E-state index is -0.209. The van der Waals surface area contributed by atoms with Gasteiger partial charge in [0, 0.05) is 11.6 Å². The van der Waals surface area contributed by atoms with Crippen LogP contribution < -0.4 is 10.1 Å². The molecule has 0 atom stereocenters. The second-order valence-corrected chi connectivity index (χ2v) is 7.56. The summed E-state index contributed by atoms with van der Waals surface area (Å²) < 4.78 is 5.95. The fourth-order valence-corrected chi connectivity index (χ4v) is 3.54. The van der Waals surface area contributed by atoms with Gasteiger partial charge in [-0.1, -0.05) is 19.3 Å². The molecule has 1 aliphatic carbocycles. The number of ether oxygens (including phenoxy) is 1. The molecule has 1 N–H and O–H groups in total. The number of carbonyl (C=O) groups excluding carboxylic acids is 1. The molecule has 126 valence electrons. The van der Waals surface area contributed by atoms with Crippen molar-refractivity contribution in [1.29, 1.82) is 0 Å². The van der Waals surface area contributed by atoms with Crippen LogP contribution in [-0.2, 0) is 0 Å². The van der Waals surface area contributed by atoms with Gasteiger partial charge in [-0.25, -0.2) is 0 Å². The minimum absolute atomic E-state index is 0.188. The lowest BCUT2D eigenvalue weighted by atomic mass is 9.94. The molecule has 0 unspecified atom stereocenters. The molecule has 0 bridgehead atoms. The largest absolute Gasteiger partial charge is 0.484 e. The van der Waals surface area contributed by atoms with E-state index >= 15 is 0 Å². The number of hydrogen-bond acceptors (Lipinski definition) is 4. The van der Waals surface area contributed by atoms with Gasteiger partial charge < -0.3 is 10.1 Å². The first-order valence-electron chi connectivity index (χ1n) is 8.75. The molecule has 0 amide bonds. The van der Waals surface area contributed by atoms with Crippen LogP contribution in [0.1, 0.15) is 56.3 Å². The molecule has 0 saturated heterocycles. The standard InChI is InChI=1S/C19H28N2O2/c1-19(2)13-20-16-11-14(9-10-18(16)23-19)17(22)12-21(3)15-7-5-4-6-8-15/h9-11,15,20H,4-8,12-13H2,1-3H3. The van der Waals surface area contributed by atoms with Crippen molar-refractivity contribution in [2.45, 2.75) is 57.6 Å². The summed E-state index contributed by atoms with van der Waals surface area (Å²) in [7, 11) is 2.08. The monoisotopic (exact) mass is 316 g/mol. The molecule has 1 aromatic carbocycles. The molecule has 0 spiro atoms. The highest BCUT2D eigenvalue weighted by Gasteiger charge is 2.27. The van der Waals surface area contributed by atoms with E-state index in [1.807, 2.05) is 18.2 Å². The predicted octanol–water partition coefficient (Wildman–Crippen LogP) is 3.72. The van der Waals surface area contributed by atoms with Gasteiger partial charge in [0.05, 0.1) is 18.8 Å². The minimum Gasteiger partial charge on any atom is -0.484 e. The highest BCUT2D eigenvalue weighted by Crippen LogP contribution is 2.33. The summed E-state index contributed by atoms with van der Waals surface area (Å²) >= 11 is 0. The van der Waals surface area contributed by atoms with Gasteiger partial charge in [0.2, 0.25) is 0 Å². The van der Waals surface area contributed by atoms with Crippen LogP contribution in [0, 0.1) is 0 Å². The van der Waals surface area contributed by atoms with Crippen molar-refractivity contribution in [2.75, 3.05) is 25.5 Å². The third-order valence-corrected chi connectivity index (χ3v) is 4.98. The molecule has 0 radical (unpaired) electrons. The van der Waals surface area contributed by atoms with Gasteiger partial charge in [0.15, 0.2) is 5.78 Å². The third-order valence-electron chi connectivity index (χ3n) is 4.98. The number of anilines is 1. The Labute approximate surface area is 139 Å². The van der Waals surface area contributed by atoms with E-state index in [9.17, 15) is 4.79 Å². The van der Waals surface area contributed by atoms with E-state index in [4.69, 9.17) is 4.74 Å². The van der Waals surface area contributed by atoms with Crippen molar-refractivity contribution in [1.82, 2.24) is 4.90 Å². The lowest BCUT2D eigenvalue weighted by Gasteiger charge is -2.33. The van der Waals surface area contributed by atoms with E-state index in [0.717, 1.165) is 23.5 Å². The SMILES string of the molecule is CN(CC(=O)c1ccc2c(c1)NCC(C)(C)O2)C1CCCCC1. The Balaban J connectivity index is 1.66. The first-order chi connectivity index (χ1) is 10.9. The number of ketones is 1. The Morgan fingerprint density at radius 2 is 2.04 bits per heavy atom. The van der Waals surface area contributed by atoms with Gasteiger partial charge in [-0.2, -0.15) is 0 Å². The molecule has 3 rings (SSSR count). The Morgan fingerprint density at radius 3 is 2.78 bits per heavy atom. The number of hydrogen-bond donors (Lipinski definition) is 1. The maximum atomic E-state index is 12.6. The van der Waals surface area contributed by atoms with Crippen LogP contribution in [0.25, 0.3) is 0 Å². The maximum Gasteiger partial charge on any atom is 0.176 e. The molecule has 1 fully saturated rings. The number of benzene rings is 1. The number of nitrogens with one attached hydrogen (secondary N) is 1. The summed E-state index contributed by atoms with van der Waals surface area (Å²) in [5.41, 5.74) is 1.48. The summed E-state index contributed by atoms with van der Waals surface area (Å²) in [5.74, 6) is 1.02. The first kappa shape index (κ1) is 16.3. The van der Waals surface area contributed by atoms with Gasteiger partial charge in [-0.3, -0.25) is 9.69 Å². The molecule has 23 heavy (non-hydrogen) atoms. The number of likely N-dealkylation sites (N-methyl/N-ethyl adjacent to an activating group) is 1. The highest BCUT2D eigenvalue weighted by atomic mass is 16.5. The summed E-state index contributed by atoms with van der Waals surface area (Å²) in [6.45, 7) is 5.36. The van der Waals surface area contributed by atoms with E-state index in [1.54, 1.807) is 0 Å². The Morgan fingerprint density at radius 1 is 1.30 bits per heavy atom. The molecule has 1 heterocycles. The van der Waals surface area contributed by atoms with Gasteiger partial charge >= 0.3 is 0 Å². The van der Waals surface area contributed by atoms with E-state index in [-0.39, 0.29) is 11.4 Å². The fraction of sp³-hybridized carbons (Fsp3) is 0.632. The molecule has 4 nitrogen and oxygen atoms in total. The number of fused-ring (bicyclic) bond motifs is 1. The summed E-state index contributed by atoms with van der Waals surface area (Å²) in [6.07, 6.45) is 6.36. The molecular formula is C19H28N2O2. The van der Waals surface area contributed by atoms with E-state index in [0.29, 0.717) is 12.6 Å². The average molecular weight is 316 g/mol. The predicted molar refractivity (Wildman–Crippen MR) is 93.5 cm³/mol. The Hall–Kier alpha value is -1.55. The van der Waals surface area contributed by atoms with Crippen molar-refractivity contribution >= 4 is 11.5 Å². The van der Waals surface area contributed by atoms with E-state index in [2.05, 4.69) is 31.1 Å². The number of Topliss-reactive ketones (excluding diaryl/α,β-unsaturated/α-hetero) is 1. The van der Waals surface area contributed by atoms with Crippen LogP contribution in [-0.4, -0.2) is 42.5 Å². The first-order valence-corrected chi connectivity index (χ1v) is 8.75. The zero-order valence-electron chi connectivity index (χ0n) is 14.5. The van der Waals surface area contributed by atoms with Gasteiger partial charge in [-0.05, 0) is 51.9 Å². The van der Waals surface area contributed by atoms with Crippen molar-refractivity contribution < 1.29 is 9.53 Å². The zero-order chi connectivity index (χ0) is 16.4. The second-order valence-electron chi connectivity index (χ2n) is 7.56. The van der Waals surface area contributed by atoms with Gasteiger partial charge in [0.1, 0.15) is 11.4 Å². The topological polar surface area (TPSA) is 41.6 Å². The van der Waals surface area contributed by atoms with Crippen LogP contribution in [0.5, 0.6) is 5.75 Å². The normalized spacial score (nSPS) is 20.5. The number of nitrogens with zero attached hydrogens (tertiary/aromatic N) is 1. The fourth-order valence-electron chi connectivity index (χ4n) is 3.54. The van der Waals surface area contributed by atoms with Gasteiger partial charge in [-0.15, -0.1) is 0 Å². The Kier molecular flexibility index (Phi) is 4.62. The lowest BCUT2D eigenvalue weighted by molar-refractivity contribution is 0.0899. The molecule has 1 saturated carbocycles. The zero-order valence-corrected chi connectivity index (χ0v) is 14.5. The van der Waals surface area contributed by atoms with Gasteiger partial charge in [0.25, 0.3) is 0 Å². The second kappa shape index (κ2) is 6.52. The molecule has 1 aromatic rings. The van der Waals surface area contributed by atoms with E-state index < -0.39 is 0 Å². The van der Waals surface area contributed by atoms with E-state index in [1.165, 1.54) is 32.1 Å². The molecule has 2 aliphatic rings.